The smallest absolute Gasteiger partial charge is 0.316 e. The third kappa shape index (κ3) is 3.49. The lowest BCUT2D eigenvalue weighted by Gasteiger charge is -2.38. The first-order valence-corrected chi connectivity index (χ1v) is 6.95. The van der Waals surface area contributed by atoms with E-state index in [0.29, 0.717) is 13.0 Å². The van der Waals surface area contributed by atoms with E-state index in [0.717, 1.165) is 12.8 Å². The molecule has 1 aliphatic heterocycles. The zero-order valence-electron chi connectivity index (χ0n) is 12.6. The maximum absolute atomic E-state index is 12.6. The van der Waals surface area contributed by atoms with E-state index in [1.807, 2.05) is 0 Å². The Kier molecular flexibility index (Phi) is 5.14. The fourth-order valence-electron chi connectivity index (χ4n) is 2.65. The van der Waals surface area contributed by atoms with Gasteiger partial charge in [-0.2, -0.15) is 0 Å². The molecule has 20 heavy (non-hydrogen) atoms. The van der Waals surface area contributed by atoms with Crippen molar-refractivity contribution in [1.29, 1.82) is 0 Å². The van der Waals surface area contributed by atoms with Crippen molar-refractivity contribution in [2.45, 2.75) is 46.1 Å². The Hall–Kier alpha value is -1.59. The third-order valence-electron chi connectivity index (χ3n) is 3.69. The molecular weight excluding hydrogens is 260 g/mol. The molecule has 2 amide bonds. The minimum atomic E-state index is -1.14. The Morgan fingerprint density at radius 1 is 1.25 bits per heavy atom. The van der Waals surface area contributed by atoms with Crippen molar-refractivity contribution in [2.75, 3.05) is 13.6 Å². The van der Waals surface area contributed by atoms with Crippen molar-refractivity contribution in [3.05, 3.63) is 0 Å². The number of carbonyl (C=O) groups excluding carboxylic acids is 2. The molecule has 2 N–H and O–H groups in total. The lowest BCUT2D eigenvalue weighted by Crippen LogP contribution is -2.55. The molecule has 6 nitrogen and oxygen atoms in total. The molecule has 1 fully saturated rings. The fraction of sp³-hybridized carbons (Fsp3) is 0.786. The Bertz CT molecular complexity index is 400. The van der Waals surface area contributed by atoms with Crippen LogP contribution in [0.1, 0.15) is 40.0 Å². The molecule has 6 heteroatoms. The van der Waals surface area contributed by atoms with E-state index in [1.54, 1.807) is 20.8 Å². The molecule has 2 atom stereocenters. The largest absolute Gasteiger partial charge is 0.481 e. The van der Waals surface area contributed by atoms with E-state index in [1.165, 1.54) is 11.9 Å². The summed E-state index contributed by atoms with van der Waals surface area (Å²) in [6, 6.07) is -0.551. The van der Waals surface area contributed by atoms with Crippen molar-refractivity contribution >= 4 is 17.8 Å². The number of hydrogen-bond acceptors (Lipinski definition) is 3. The minimum Gasteiger partial charge on any atom is -0.481 e. The molecule has 0 radical (unpaired) electrons. The van der Waals surface area contributed by atoms with Crippen LogP contribution in [0.4, 0.5) is 0 Å². The van der Waals surface area contributed by atoms with Crippen LogP contribution in [0.2, 0.25) is 0 Å². The van der Waals surface area contributed by atoms with E-state index in [2.05, 4.69) is 5.32 Å². The first-order chi connectivity index (χ1) is 9.20. The molecule has 1 rings (SSSR count). The van der Waals surface area contributed by atoms with Gasteiger partial charge >= 0.3 is 5.97 Å². The van der Waals surface area contributed by atoms with Crippen molar-refractivity contribution in [2.24, 2.45) is 11.3 Å². The van der Waals surface area contributed by atoms with Gasteiger partial charge in [-0.1, -0.05) is 20.8 Å². The standard InChI is InChI=1S/C14H24N2O4/c1-14(2,3)10(13(19)20)12(18)16-8-6-5-7-9(16)11(17)15-4/h9-10H,5-8H2,1-4H3,(H,15,17)(H,19,20). The molecule has 0 aromatic carbocycles. The van der Waals surface area contributed by atoms with Crippen LogP contribution in [0, 0.1) is 11.3 Å². The molecule has 114 valence electrons. The Balaban J connectivity index is 3.02. The number of hydrogen-bond donors (Lipinski definition) is 2. The summed E-state index contributed by atoms with van der Waals surface area (Å²) in [6.45, 7) is 5.62. The molecule has 0 aromatic heterocycles. The molecule has 2 unspecified atom stereocenters. The number of rotatable bonds is 3. The maximum Gasteiger partial charge on any atom is 0.316 e. The lowest BCUT2D eigenvalue weighted by atomic mass is 9.79. The second-order valence-electron chi connectivity index (χ2n) is 6.29. The third-order valence-corrected chi connectivity index (χ3v) is 3.69. The SMILES string of the molecule is CNC(=O)C1CCCCN1C(=O)C(C(=O)O)C(C)(C)C. The van der Waals surface area contributed by atoms with Gasteiger partial charge in [0.15, 0.2) is 0 Å². The molecule has 1 saturated heterocycles. The van der Waals surface area contributed by atoms with Crippen LogP contribution in [-0.2, 0) is 14.4 Å². The average molecular weight is 284 g/mol. The monoisotopic (exact) mass is 284 g/mol. The summed E-state index contributed by atoms with van der Waals surface area (Å²) in [6.07, 6.45) is 2.26. The lowest BCUT2D eigenvalue weighted by molar-refractivity contribution is -0.160. The number of carbonyl (C=O) groups is 3. The zero-order valence-corrected chi connectivity index (χ0v) is 12.6. The summed E-state index contributed by atoms with van der Waals surface area (Å²) in [7, 11) is 1.53. The van der Waals surface area contributed by atoms with Gasteiger partial charge in [0.2, 0.25) is 11.8 Å². The number of amides is 2. The molecule has 0 spiro atoms. The van der Waals surface area contributed by atoms with Gasteiger partial charge in [-0.25, -0.2) is 0 Å². The highest BCUT2D eigenvalue weighted by Gasteiger charge is 2.43. The van der Waals surface area contributed by atoms with E-state index < -0.39 is 29.3 Å². The first kappa shape index (κ1) is 16.5. The number of nitrogens with one attached hydrogen (secondary N) is 1. The summed E-state index contributed by atoms with van der Waals surface area (Å²) in [4.78, 5) is 37.3. The fourth-order valence-corrected chi connectivity index (χ4v) is 2.65. The summed E-state index contributed by atoms with van der Waals surface area (Å²) in [5, 5.41) is 11.9. The van der Waals surface area contributed by atoms with E-state index in [9.17, 15) is 19.5 Å². The number of carboxylic acids is 1. The second-order valence-corrected chi connectivity index (χ2v) is 6.29. The van der Waals surface area contributed by atoms with Crippen LogP contribution in [0.25, 0.3) is 0 Å². The highest BCUT2D eigenvalue weighted by atomic mass is 16.4. The Morgan fingerprint density at radius 3 is 2.30 bits per heavy atom. The van der Waals surface area contributed by atoms with E-state index >= 15 is 0 Å². The van der Waals surface area contributed by atoms with Crippen LogP contribution < -0.4 is 5.32 Å². The highest BCUT2D eigenvalue weighted by molar-refractivity contribution is 5.99. The highest BCUT2D eigenvalue weighted by Crippen LogP contribution is 2.30. The van der Waals surface area contributed by atoms with Crippen molar-refractivity contribution in [3.8, 4) is 0 Å². The van der Waals surface area contributed by atoms with Gasteiger partial charge in [0, 0.05) is 13.6 Å². The van der Waals surface area contributed by atoms with Gasteiger partial charge in [-0.3, -0.25) is 14.4 Å². The van der Waals surface area contributed by atoms with E-state index in [-0.39, 0.29) is 5.91 Å². The van der Waals surface area contributed by atoms with Crippen LogP contribution in [0.15, 0.2) is 0 Å². The molecule has 0 bridgehead atoms. The molecule has 1 aliphatic rings. The predicted molar refractivity (Wildman–Crippen MR) is 74.0 cm³/mol. The van der Waals surface area contributed by atoms with Gasteiger partial charge in [-0.05, 0) is 24.7 Å². The predicted octanol–water partition coefficient (Wildman–Crippen LogP) is 0.860. The number of likely N-dealkylation sites (tertiary alicyclic amines) is 1. The summed E-state index contributed by atoms with van der Waals surface area (Å²) in [5.74, 6) is -2.95. The normalized spacial score (nSPS) is 21.2. The molecule has 0 aromatic rings. The van der Waals surface area contributed by atoms with Crippen LogP contribution in [-0.4, -0.2) is 47.4 Å². The number of piperidine rings is 1. The number of likely N-dealkylation sites (N-methyl/N-ethyl adjacent to an activating group) is 1. The topological polar surface area (TPSA) is 86.7 Å². The number of carboxylic acid groups (broad SMARTS) is 1. The Morgan fingerprint density at radius 2 is 1.85 bits per heavy atom. The van der Waals surface area contributed by atoms with Crippen molar-refractivity contribution < 1.29 is 19.5 Å². The quantitative estimate of drug-likeness (QED) is 0.753. The average Bonchev–Trinajstić information content (AvgIpc) is 2.35. The minimum absolute atomic E-state index is 0.226. The zero-order chi connectivity index (χ0) is 15.5. The molecule has 1 heterocycles. The summed E-state index contributed by atoms with van der Waals surface area (Å²) < 4.78 is 0. The van der Waals surface area contributed by atoms with E-state index in [4.69, 9.17) is 0 Å². The van der Waals surface area contributed by atoms with Gasteiger partial charge in [0.1, 0.15) is 12.0 Å². The number of nitrogens with zero attached hydrogens (tertiary/aromatic N) is 1. The van der Waals surface area contributed by atoms with Crippen molar-refractivity contribution in [1.82, 2.24) is 10.2 Å². The molecule has 0 saturated carbocycles. The van der Waals surface area contributed by atoms with Crippen LogP contribution in [0.5, 0.6) is 0 Å². The summed E-state index contributed by atoms with van der Waals surface area (Å²) >= 11 is 0. The maximum atomic E-state index is 12.6. The first-order valence-electron chi connectivity index (χ1n) is 6.95. The second kappa shape index (κ2) is 6.24. The summed E-state index contributed by atoms with van der Waals surface area (Å²) in [5.41, 5.74) is -0.687. The van der Waals surface area contributed by atoms with Gasteiger partial charge in [0.25, 0.3) is 0 Å². The van der Waals surface area contributed by atoms with Gasteiger partial charge in [0.05, 0.1) is 0 Å². The molecule has 0 aliphatic carbocycles. The van der Waals surface area contributed by atoms with Crippen LogP contribution >= 0.6 is 0 Å². The van der Waals surface area contributed by atoms with Gasteiger partial charge in [-0.15, -0.1) is 0 Å². The van der Waals surface area contributed by atoms with Crippen LogP contribution in [0.3, 0.4) is 0 Å². The van der Waals surface area contributed by atoms with Gasteiger partial charge < -0.3 is 15.3 Å². The molecular formula is C14H24N2O4. The number of aliphatic carboxylic acids is 1. The van der Waals surface area contributed by atoms with Crippen molar-refractivity contribution in [3.63, 3.8) is 0 Å². The Labute approximate surface area is 119 Å².